The van der Waals surface area contributed by atoms with Gasteiger partial charge in [0.1, 0.15) is 0 Å². The highest BCUT2D eigenvalue weighted by Crippen LogP contribution is 2.35. The Morgan fingerprint density at radius 2 is 1.64 bits per heavy atom. The van der Waals surface area contributed by atoms with Crippen LogP contribution >= 0.6 is 22.6 Å². The molecule has 1 nitrogen and oxygen atoms in total. The fraction of sp³-hybridized carbons (Fsp3) is 0.143. The summed E-state index contributed by atoms with van der Waals surface area (Å²) >= 11 is 1.08. The highest BCUT2D eigenvalue weighted by Gasteiger charge is 2.25. The van der Waals surface area contributed by atoms with E-state index in [-0.39, 0.29) is 5.56 Å². The maximum atomic E-state index is 12.5. The number of benzene rings is 1. The van der Waals surface area contributed by atoms with E-state index in [2.05, 4.69) is 0 Å². The molecule has 0 radical (unpaired) electrons. The van der Waals surface area contributed by atoms with Crippen LogP contribution in [0.3, 0.4) is 0 Å². The van der Waals surface area contributed by atoms with Gasteiger partial charge in [0.25, 0.3) is 0 Å². The van der Waals surface area contributed by atoms with E-state index in [0.29, 0.717) is 5.69 Å². The Hall–Kier alpha value is -0.390. The third-order valence-electron chi connectivity index (χ3n) is 1.24. The summed E-state index contributed by atoms with van der Waals surface area (Å²) in [4.78, 5) is 0. The number of alkyl halides is 3. The second-order valence-electron chi connectivity index (χ2n) is 2.12. The van der Waals surface area contributed by atoms with Crippen molar-refractivity contribution >= 4 is 28.3 Å². The lowest BCUT2D eigenvalue weighted by Gasteiger charge is -2.07. The Morgan fingerprint density at radius 1 is 1.18 bits per heavy atom. The first-order valence-electron chi connectivity index (χ1n) is 2.93. The molecule has 0 bridgehead atoms. The molecular weight excluding hydrogens is 263 g/mol. The molecule has 0 atom stereocenters. The molecule has 0 aliphatic heterocycles. The Balaban J connectivity index is 2.99. The number of hydrogen-bond donors (Lipinski definition) is 1. The minimum Gasteiger partial charge on any atom is -0.399 e. The zero-order chi connectivity index (χ0) is 8.48. The van der Waals surface area contributed by atoms with Crippen molar-refractivity contribution in [3.8, 4) is 0 Å². The Morgan fingerprint density at radius 3 is 2.00 bits per heavy atom. The van der Waals surface area contributed by atoms with E-state index in [0.717, 1.165) is 22.6 Å². The van der Waals surface area contributed by atoms with Gasteiger partial charge >= 0.3 is 3.93 Å². The lowest BCUT2D eigenvalue weighted by Crippen LogP contribution is -2.01. The van der Waals surface area contributed by atoms with Crippen molar-refractivity contribution in [2.45, 2.75) is 3.93 Å². The van der Waals surface area contributed by atoms with Gasteiger partial charge in [0.15, 0.2) is 0 Å². The molecule has 0 spiro atoms. The molecule has 1 rings (SSSR count). The Labute approximate surface area is 76.7 Å². The fourth-order valence-electron chi connectivity index (χ4n) is 0.672. The quantitative estimate of drug-likeness (QED) is 0.473. The van der Waals surface area contributed by atoms with Gasteiger partial charge in [-0.25, -0.2) is 0 Å². The zero-order valence-electron chi connectivity index (χ0n) is 5.52. The maximum Gasteiger partial charge on any atom is 0.321 e. The first-order chi connectivity index (χ1) is 5.00. The van der Waals surface area contributed by atoms with E-state index in [1.807, 2.05) is 0 Å². The molecule has 0 aliphatic rings. The van der Waals surface area contributed by atoms with Crippen LogP contribution in [0.2, 0.25) is 0 Å². The first kappa shape index (κ1) is 8.70. The van der Waals surface area contributed by atoms with Crippen molar-refractivity contribution in [2.75, 3.05) is 5.73 Å². The highest BCUT2D eigenvalue weighted by molar-refractivity contribution is 14.1. The summed E-state index contributed by atoms with van der Waals surface area (Å²) in [6.07, 6.45) is 0. The highest BCUT2D eigenvalue weighted by atomic mass is 127. The molecule has 0 unspecified atom stereocenters. The summed E-state index contributed by atoms with van der Waals surface area (Å²) in [6.45, 7) is 0. The van der Waals surface area contributed by atoms with Crippen molar-refractivity contribution in [2.24, 2.45) is 0 Å². The van der Waals surface area contributed by atoms with Gasteiger partial charge in [-0.1, -0.05) is 12.1 Å². The van der Waals surface area contributed by atoms with E-state index in [4.69, 9.17) is 5.73 Å². The number of rotatable bonds is 1. The predicted molar refractivity (Wildman–Crippen MR) is 48.8 cm³/mol. The average molecular weight is 269 g/mol. The minimum absolute atomic E-state index is 0.0210. The zero-order valence-corrected chi connectivity index (χ0v) is 7.68. The largest absolute Gasteiger partial charge is 0.399 e. The molecule has 1 aromatic rings. The van der Waals surface area contributed by atoms with Crippen LogP contribution in [0, 0.1) is 0 Å². The van der Waals surface area contributed by atoms with E-state index in [1.54, 1.807) is 0 Å². The molecule has 60 valence electrons. The second-order valence-corrected chi connectivity index (χ2v) is 3.47. The lowest BCUT2D eigenvalue weighted by molar-refractivity contribution is 0.127. The lowest BCUT2D eigenvalue weighted by atomic mass is 10.2. The van der Waals surface area contributed by atoms with Crippen LogP contribution in [0.15, 0.2) is 24.3 Å². The number of nitrogens with two attached hydrogens (primary N) is 1. The summed E-state index contributed by atoms with van der Waals surface area (Å²) in [5.41, 5.74) is 5.80. The number of halogens is 3. The van der Waals surface area contributed by atoms with Crippen molar-refractivity contribution < 1.29 is 8.78 Å². The normalized spacial score (nSPS) is 11.5. The first-order valence-corrected chi connectivity index (χ1v) is 4.01. The van der Waals surface area contributed by atoms with Crippen molar-refractivity contribution in [1.82, 2.24) is 0 Å². The molecule has 0 aromatic heterocycles. The Kier molecular flexibility index (Phi) is 2.31. The molecule has 4 heteroatoms. The number of nitrogen functional groups attached to an aromatic ring is 1. The van der Waals surface area contributed by atoms with E-state index >= 15 is 0 Å². The minimum atomic E-state index is -2.80. The molecule has 0 amide bonds. The standard InChI is InChI=1S/C7H6F2IN/c8-7(9,10)5-1-3-6(11)4-2-5/h1-4H,11H2. The summed E-state index contributed by atoms with van der Waals surface area (Å²) in [7, 11) is 0. The topological polar surface area (TPSA) is 26.0 Å². The predicted octanol–water partition coefficient (Wildman–Crippen LogP) is 2.75. The van der Waals surface area contributed by atoms with Gasteiger partial charge < -0.3 is 5.73 Å². The fourth-order valence-corrected chi connectivity index (χ4v) is 1.03. The van der Waals surface area contributed by atoms with Crippen LogP contribution in [-0.2, 0) is 3.93 Å². The monoisotopic (exact) mass is 269 g/mol. The van der Waals surface area contributed by atoms with Crippen LogP contribution in [0.4, 0.5) is 14.5 Å². The molecular formula is C7H6F2IN. The van der Waals surface area contributed by atoms with Gasteiger partial charge in [-0.3, -0.25) is 0 Å². The van der Waals surface area contributed by atoms with E-state index in [1.165, 1.54) is 24.3 Å². The van der Waals surface area contributed by atoms with E-state index < -0.39 is 3.93 Å². The third-order valence-corrected chi connectivity index (χ3v) is 1.86. The molecule has 2 N–H and O–H groups in total. The smallest absolute Gasteiger partial charge is 0.321 e. The number of hydrogen-bond acceptors (Lipinski definition) is 1. The van der Waals surface area contributed by atoms with Crippen LogP contribution < -0.4 is 5.73 Å². The van der Waals surface area contributed by atoms with E-state index in [9.17, 15) is 8.78 Å². The number of anilines is 1. The third kappa shape index (κ3) is 2.28. The maximum absolute atomic E-state index is 12.5. The second kappa shape index (κ2) is 2.92. The molecule has 0 heterocycles. The molecule has 11 heavy (non-hydrogen) atoms. The molecule has 0 aliphatic carbocycles. The van der Waals surface area contributed by atoms with Crippen molar-refractivity contribution in [3.63, 3.8) is 0 Å². The summed E-state index contributed by atoms with van der Waals surface area (Å²) in [5, 5.41) is 0. The molecule has 0 saturated carbocycles. The van der Waals surface area contributed by atoms with Crippen LogP contribution in [0.25, 0.3) is 0 Å². The van der Waals surface area contributed by atoms with Crippen LogP contribution in [0.5, 0.6) is 0 Å². The van der Waals surface area contributed by atoms with Gasteiger partial charge in [0.2, 0.25) is 0 Å². The van der Waals surface area contributed by atoms with Crippen molar-refractivity contribution in [1.29, 1.82) is 0 Å². The average Bonchev–Trinajstić information content (AvgIpc) is 1.86. The van der Waals surface area contributed by atoms with Gasteiger partial charge in [-0.15, -0.1) is 0 Å². The van der Waals surface area contributed by atoms with Gasteiger partial charge in [-0.2, -0.15) is 8.78 Å². The van der Waals surface area contributed by atoms with Crippen molar-refractivity contribution in [3.05, 3.63) is 29.8 Å². The van der Waals surface area contributed by atoms with Gasteiger partial charge in [0, 0.05) is 33.8 Å². The summed E-state index contributed by atoms with van der Waals surface area (Å²) in [6, 6.07) is 5.56. The summed E-state index contributed by atoms with van der Waals surface area (Å²) in [5.74, 6) is 0. The Bertz CT molecular complexity index is 240. The molecule has 0 fully saturated rings. The van der Waals surface area contributed by atoms with Gasteiger partial charge in [-0.05, 0) is 12.1 Å². The van der Waals surface area contributed by atoms with Crippen LogP contribution in [0.1, 0.15) is 5.56 Å². The SMILES string of the molecule is Nc1ccc(C(F)(F)I)cc1. The summed E-state index contributed by atoms with van der Waals surface area (Å²) < 4.78 is 22.3. The molecule has 0 saturated heterocycles. The van der Waals surface area contributed by atoms with Gasteiger partial charge in [0.05, 0.1) is 0 Å². The van der Waals surface area contributed by atoms with Crippen LogP contribution in [-0.4, -0.2) is 0 Å². The molecule has 1 aromatic carbocycles.